The van der Waals surface area contributed by atoms with E-state index >= 15 is 0 Å². The Morgan fingerprint density at radius 3 is 2.79 bits per heavy atom. The third-order valence-electron chi connectivity index (χ3n) is 3.18. The molecule has 0 bridgehead atoms. The van der Waals surface area contributed by atoms with Crippen LogP contribution in [0.25, 0.3) is 0 Å². The van der Waals surface area contributed by atoms with Crippen molar-refractivity contribution in [3.05, 3.63) is 12.2 Å². The number of rotatable bonds is 9. The second-order valence-corrected chi connectivity index (χ2v) is 4.85. The molecule has 1 fully saturated rings. The molecule has 4 atom stereocenters. The highest BCUT2D eigenvalue weighted by molar-refractivity contribution is 4.89. The van der Waals surface area contributed by atoms with Crippen molar-refractivity contribution in [1.29, 1.82) is 0 Å². The van der Waals surface area contributed by atoms with E-state index in [9.17, 15) is 10.2 Å². The van der Waals surface area contributed by atoms with Crippen LogP contribution in [0.5, 0.6) is 0 Å². The first-order valence-corrected chi connectivity index (χ1v) is 7.05. The molecule has 0 aromatic heterocycles. The lowest BCUT2D eigenvalue weighted by Crippen LogP contribution is -2.42. The van der Waals surface area contributed by atoms with Crippen molar-refractivity contribution < 1.29 is 24.8 Å². The summed E-state index contributed by atoms with van der Waals surface area (Å²) in [5.41, 5.74) is 0. The van der Waals surface area contributed by atoms with Gasteiger partial charge in [-0.3, -0.25) is 0 Å². The van der Waals surface area contributed by atoms with Gasteiger partial charge in [-0.05, 0) is 19.3 Å². The van der Waals surface area contributed by atoms with Gasteiger partial charge < -0.3 is 24.8 Å². The van der Waals surface area contributed by atoms with Crippen molar-refractivity contribution >= 4 is 0 Å². The largest absolute Gasteiger partial charge is 0.394 e. The molecule has 112 valence electrons. The number of unbranched alkanes of at least 4 members (excludes halogenated alkanes) is 2. The molecule has 0 saturated carbocycles. The third kappa shape index (κ3) is 5.58. The average Bonchev–Trinajstić information content (AvgIpc) is 2.78. The second kappa shape index (κ2) is 9.44. The molecular formula is C14H26O5. The SMILES string of the molecule is CCC/C=C/CCCO[C@@H]1[C@H]([C@H](O)CO)OC[C@@H]1O. The fraction of sp³-hybridized carbons (Fsp3) is 0.857. The Balaban J connectivity index is 2.22. The summed E-state index contributed by atoms with van der Waals surface area (Å²) >= 11 is 0. The van der Waals surface area contributed by atoms with Crippen LogP contribution >= 0.6 is 0 Å². The van der Waals surface area contributed by atoms with Crippen molar-refractivity contribution in [1.82, 2.24) is 0 Å². The standard InChI is InChI=1S/C14H26O5/c1-2-3-4-5-6-7-8-18-14-12(17)10-19-13(14)11(16)9-15/h4-5,11-17H,2-3,6-10H2,1H3/b5-4+/t11-,12+,13+,14+/m1/s1. The highest BCUT2D eigenvalue weighted by atomic mass is 16.6. The molecule has 5 heteroatoms. The molecule has 1 saturated heterocycles. The zero-order valence-corrected chi connectivity index (χ0v) is 11.6. The lowest BCUT2D eigenvalue weighted by atomic mass is 10.1. The van der Waals surface area contributed by atoms with Gasteiger partial charge in [-0.2, -0.15) is 0 Å². The first-order valence-electron chi connectivity index (χ1n) is 7.05. The molecule has 0 aromatic rings. The highest BCUT2D eigenvalue weighted by Gasteiger charge is 2.40. The van der Waals surface area contributed by atoms with Crippen molar-refractivity contribution in [2.75, 3.05) is 19.8 Å². The molecule has 0 aromatic carbocycles. The predicted octanol–water partition coefficient (Wildman–Crippen LogP) is 0.621. The van der Waals surface area contributed by atoms with Gasteiger partial charge in [0.05, 0.1) is 13.2 Å². The minimum absolute atomic E-state index is 0.142. The van der Waals surface area contributed by atoms with Crippen molar-refractivity contribution in [3.63, 3.8) is 0 Å². The van der Waals surface area contributed by atoms with Crippen LogP contribution in [0.3, 0.4) is 0 Å². The summed E-state index contributed by atoms with van der Waals surface area (Å²) in [7, 11) is 0. The van der Waals surface area contributed by atoms with Gasteiger partial charge in [-0.25, -0.2) is 0 Å². The molecule has 19 heavy (non-hydrogen) atoms. The van der Waals surface area contributed by atoms with Gasteiger partial charge >= 0.3 is 0 Å². The quantitative estimate of drug-likeness (QED) is 0.424. The Labute approximate surface area is 114 Å². The molecule has 1 rings (SSSR count). The van der Waals surface area contributed by atoms with Crippen molar-refractivity contribution in [2.45, 2.75) is 57.0 Å². The van der Waals surface area contributed by atoms with E-state index in [2.05, 4.69) is 19.1 Å². The molecule has 0 aliphatic carbocycles. The molecule has 0 spiro atoms. The summed E-state index contributed by atoms with van der Waals surface area (Å²) in [6, 6.07) is 0. The van der Waals surface area contributed by atoms with E-state index in [4.69, 9.17) is 14.6 Å². The number of aliphatic hydroxyl groups excluding tert-OH is 3. The summed E-state index contributed by atoms with van der Waals surface area (Å²) in [5.74, 6) is 0. The van der Waals surface area contributed by atoms with E-state index in [0.29, 0.717) is 6.61 Å². The monoisotopic (exact) mass is 274 g/mol. The van der Waals surface area contributed by atoms with Crippen LogP contribution in [0.1, 0.15) is 32.6 Å². The minimum atomic E-state index is -1.01. The molecule has 1 aliphatic rings. The van der Waals surface area contributed by atoms with E-state index in [1.54, 1.807) is 0 Å². The van der Waals surface area contributed by atoms with Gasteiger partial charge in [0.15, 0.2) is 0 Å². The molecule has 1 aliphatic heterocycles. The fourth-order valence-corrected chi connectivity index (χ4v) is 2.08. The maximum atomic E-state index is 9.72. The van der Waals surface area contributed by atoms with Crippen LogP contribution < -0.4 is 0 Å². The van der Waals surface area contributed by atoms with Crippen LogP contribution in [0.4, 0.5) is 0 Å². The minimum Gasteiger partial charge on any atom is -0.394 e. The van der Waals surface area contributed by atoms with Gasteiger partial charge in [-0.1, -0.05) is 25.5 Å². The van der Waals surface area contributed by atoms with Crippen LogP contribution in [-0.4, -0.2) is 59.6 Å². The summed E-state index contributed by atoms with van der Waals surface area (Å²) in [5, 5.41) is 28.2. The zero-order valence-electron chi connectivity index (χ0n) is 11.6. The molecular weight excluding hydrogens is 248 g/mol. The van der Waals surface area contributed by atoms with E-state index < -0.39 is 31.0 Å². The van der Waals surface area contributed by atoms with Gasteiger partial charge in [0.2, 0.25) is 0 Å². The number of allylic oxidation sites excluding steroid dienone is 2. The first kappa shape index (κ1) is 16.6. The van der Waals surface area contributed by atoms with Gasteiger partial charge in [0.1, 0.15) is 24.4 Å². The lowest BCUT2D eigenvalue weighted by Gasteiger charge is -2.23. The number of hydrogen-bond donors (Lipinski definition) is 3. The molecule has 3 N–H and O–H groups in total. The van der Waals surface area contributed by atoms with E-state index in [1.807, 2.05) is 0 Å². The van der Waals surface area contributed by atoms with Crippen LogP contribution in [-0.2, 0) is 9.47 Å². The summed E-state index contributed by atoms with van der Waals surface area (Å²) < 4.78 is 10.8. The van der Waals surface area contributed by atoms with Crippen LogP contribution in [0, 0.1) is 0 Å². The highest BCUT2D eigenvalue weighted by Crippen LogP contribution is 2.21. The fourth-order valence-electron chi connectivity index (χ4n) is 2.08. The Hall–Kier alpha value is -0.460. The van der Waals surface area contributed by atoms with Crippen molar-refractivity contribution in [2.24, 2.45) is 0 Å². The topological polar surface area (TPSA) is 79.2 Å². The van der Waals surface area contributed by atoms with E-state index in [1.165, 1.54) is 0 Å². The molecule has 0 radical (unpaired) electrons. The summed E-state index contributed by atoms with van der Waals surface area (Å²) in [6.45, 7) is 2.40. The van der Waals surface area contributed by atoms with E-state index in [0.717, 1.165) is 25.7 Å². The zero-order chi connectivity index (χ0) is 14.1. The lowest BCUT2D eigenvalue weighted by molar-refractivity contribution is -0.0935. The number of ether oxygens (including phenoxy) is 2. The van der Waals surface area contributed by atoms with Crippen molar-refractivity contribution in [3.8, 4) is 0 Å². The summed E-state index contributed by atoms with van der Waals surface area (Å²) in [4.78, 5) is 0. The Bertz CT molecular complexity index is 256. The Kier molecular flexibility index (Phi) is 8.25. The average molecular weight is 274 g/mol. The van der Waals surface area contributed by atoms with E-state index in [-0.39, 0.29) is 6.61 Å². The predicted molar refractivity (Wildman–Crippen MR) is 71.9 cm³/mol. The maximum Gasteiger partial charge on any atom is 0.114 e. The Morgan fingerprint density at radius 2 is 2.11 bits per heavy atom. The molecule has 0 unspecified atom stereocenters. The smallest absolute Gasteiger partial charge is 0.114 e. The molecule has 5 nitrogen and oxygen atoms in total. The van der Waals surface area contributed by atoms with Crippen LogP contribution in [0.2, 0.25) is 0 Å². The normalized spacial score (nSPS) is 29.2. The molecule has 1 heterocycles. The summed E-state index contributed by atoms with van der Waals surface area (Å²) in [6.07, 6.45) is 5.41. The molecule has 0 amide bonds. The van der Waals surface area contributed by atoms with Gasteiger partial charge in [-0.15, -0.1) is 0 Å². The Morgan fingerprint density at radius 1 is 1.37 bits per heavy atom. The number of aliphatic hydroxyl groups is 3. The maximum absolute atomic E-state index is 9.72. The third-order valence-corrected chi connectivity index (χ3v) is 3.18. The van der Waals surface area contributed by atoms with Gasteiger partial charge in [0.25, 0.3) is 0 Å². The number of hydrogen-bond acceptors (Lipinski definition) is 5. The van der Waals surface area contributed by atoms with Crippen LogP contribution in [0.15, 0.2) is 12.2 Å². The first-order chi connectivity index (χ1) is 9.20. The second-order valence-electron chi connectivity index (χ2n) is 4.85. The van der Waals surface area contributed by atoms with Gasteiger partial charge in [0, 0.05) is 6.61 Å².